The third-order valence-electron chi connectivity index (χ3n) is 1.20. The molecule has 0 saturated heterocycles. The van der Waals surface area contributed by atoms with Gasteiger partial charge in [0.15, 0.2) is 0 Å². The van der Waals surface area contributed by atoms with Gasteiger partial charge in [-0.1, -0.05) is 0 Å². The van der Waals surface area contributed by atoms with Gasteiger partial charge in [0, 0.05) is 11.8 Å². The predicted molar refractivity (Wildman–Crippen MR) is 32.9 cm³/mol. The smallest absolute Gasteiger partial charge is 0.545 e. The van der Waals surface area contributed by atoms with Crippen LogP contribution in [0.25, 0.3) is 0 Å². The third-order valence-corrected chi connectivity index (χ3v) is 1.20. The summed E-state index contributed by atoms with van der Waals surface area (Å²) in [5, 5.41) is 20.4. The molecule has 0 aromatic carbocycles. The summed E-state index contributed by atoms with van der Waals surface area (Å²) in [6.07, 6.45) is 1.07. The minimum Gasteiger partial charge on any atom is -0.545 e. The van der Waals surface area contributed by atoms with Gasteiger partial charge in [0.1, 0.15) is 0 Å². The number of aromatic carboxylic acids is 2. The van der Waals surface area contributed by atoms with E-state index in [4.69, 9.17) is 0 Å². The Morgan fingerprint density at radius 1 is 1.14 bits per heavy atom. The number of hydrogen-bond donors (Lipinski definition) is 0. The normalized spacial score (nSPS) is 8.00. The van der Waals surface area contributed by atoms with E-state index in [2.05, 4.69) is 4.98 Å². The second kappa shape index (κ2) is 6.70. The van der Waals surface area contributed by atoms with Crippen molar-refractivity contribution >= 4 is 11.9 Å². The van der Waals surface area contributed by atoms with Crippen LogP contribution in [0.15, 0.2) is 18.3 Å². The average molecular weight is 179 g/mol. The minimum atomic E-state index is -1.52. The van der Waals surface area contributed by atoms with Crippen molar-refractivity contribution in [3.63, 3.8) is 0 Å². The summed E-state index contributed by atoms with van der Waals surface area (Å²) < 4.78 is 0. The number of carboxylic acid groups (broad SMARTS) is 2. The van der Waals surface area contributed by atoms with Crippen molar-refractivity contribution in [2.45, 2.75) is 0 Å². The van der Waals surface area contributed by atoms with Crippen molar-refractivity contribution in [2.75, 3.05) is 0 Å². The van der Waals surface area contributed by atoms with Crippen molar-refractivity contribution in [3.05, 3.63) is 29.6 Å². The molecular formula is C7H3Li2NO4. The Bertz CT molecular complexity index is 313. The van der Waals surface area contributed by atoms with E-state index in [9.17, 15) is 19.8 Å². The zero-order valence-electron chi connectivity index (χ0n) is 7.81. The Balaban J connectivity index is 0. The SMILES string of the molecule is O=C([O-])c1ccnc(C(=O)[O-])c1.[Li+].[Li+]. The van der Waals surface area contributed by atoms with Gasteiger partial charge in [0.25, 0.3) is 0 Å². The van der Waals surface area contributed by atoms with Crippen LogP contribution in [0.3, 0.4) is 0 Å². The molecule has 62 valence electrons. The number of aromatic nitrogens is 1. The zero-order chi connectivity index (χ0) is 9.14. The van der Waals surface area contributed by atoms with Crippen LogP contribution in [-0.2, 0) is 0 Å². The minimum absolute atomic E-state index is 0. The van der Waals surface area contributed by atoms with Crippen molar-refractivity contribution in [3.8, 4) is 0 Å². The van der Waals surface area contributed by atoms with Crippen molar-refractivity contribution in [2.24, 2.45) is 0 Å². The zero-order valence-corrected chi connectivity index (χ0v) is 7.81. The molecule has 1 rings (SSSR count). The molecule has 1 aromatic heterocycles. The molecule has 0 fully saturated rings. The van der Waals surface area contributed by atoms with Crippen LogP contribution in [0.4, 0.5) is 0 Å². The molecule has 5 nitrogen and oxygen atoms in total. The van der Waals surface area contributed by atoms with Crippen LogP contribution in [0.1, 0.15) is 20.8 Å². The van der Waals surface area contributed by atoms with Crippen LogP contribution in [0, 0.1) is 0 Å². The predicted octanol–water partition coefficient (Wildman–Crippen LogP) is -8.18. The van der Waals surface area contributed by atoms with Gasteiger partial charge < -0.3 is 19.8 Å². The van der Waals surface area contributed by atoms with E-state index in [0.29, 0.717) is 0 Å². The first kappa shape index (κ1) is 15.7. The fourth-order valence-corrected chi connectivity index (χ4v) is 0.669. The van der Waals surface area contributed by atoms with Crippen molar-refractivity contribution in [1.82, 2.24) is 4.98 Å². The first-order valence-electron chi connectivity index (χ1n) is 3.00. The molecule has 7 heteroatoms. The first-order valence-corrected chi connectivity index (χ1v) is 3.00. The van der Waals surface area contributed by atoms with E-state index in [0.717, 1.165) is 18.3 Å². The van der Waals surface area contributed by atoms with Crippen LogP contribution < -0.4 is 47.9 Å². The van der Waals surface area contributed by atoms with E-state index < -0.39 is 17.6 Å². The largest absolute Gasteiger partial charge is 1.00 e. The maximum absolute atomic E-state index is 10.2. The van der Waals surface area contributed by atoms with Gasteiger partial charge in [0.05, 0.1) is 17.6 Å². The molecular weight excluding hydrogens is 176 g/mol. The molecule has 14 heavy (non-hydrogen) atoms. The number of rotatable bonds is 2. The molecule has 0 radical (unpaired) electrons. The quantitative estimate of drug-likeness (QED) is 0.420. The first-order chi connectivity index (χ1) is 5.61. The maximum Gasteiger partial charge on any atom is 1.00 e. The molecule has 1 heterocycles. The van der Waals surface area contributed by atoms with Crippen LogP contribution in [0.2, 0.25) is 0 Å². The van der Waals surface area contributed by atoms with Crippen molar-refractivity contribution < 1.29 is 57.5 Å². The summed E-state index contributed by atoms with van der Waals surface area (Å²) in [5.41, 5.74) is -0.652. The molecule has 0 spiro atoms. The number of carboxylic acids is 2. The standard InChI is InChI=1S/C7H5NO4.2Li/c9-6(10)4-1-2-8-5(3-4)7(11)12;;/h1-3H,(H,9,10)(H,11,12);;/q;2*+1/p-2. The Hall–Kier alpha value is -0.715. The van der Waals surface area contributed by atoms with Crippen molar-refractivity contribution in [1.29, 1.82) is 0 Å². The van der Waals surface area contributed by atoms with Gasteiger partial charge in [-0.2, -0.15) is 0 Å². The Kier molecular flexibility index (Phi) is 7.53. The summed E-state index contributed by atoms with van der Waals surface area (Å²) in [7, 11) is 0. The summed E-state index contributed by atoms with van der Waals surface area (Å²) in [6.45, 7) is 0. The van der Waals surface area contributed by atoms with Crippen LogP contribution in [-0.4, -0.2) is 16.9 Å². The number of pyridine rings is 1. The Morgan fingerprint density at radius 2 is 1.71 bits per heavy atom. The summed E-state index contributed by atoms with van der Waals surface area (Å²) in [6, 6.07) is 2.02. The van der Waals surface area contributed by atoms with Gasteiger partial charge in [-0.25, -0.2) is 0 Å². The maximum atomic E-state index is 10.2. The summed E-state index contributed by atoms with van der Waals surface area (Å²) in [4.78, 5) is 23.8. The number of hydrogen-bond acceptors (Lipinski definition) is 5. The second-order valence-electron chi connectivity index (χ2n) is 2.00. The van der Waals surface area contributed by atoms with Gasteiger partial charge in [0.2, 0.25) is 0 Å². The molecule has 0 atom stereocenters. The molecule has 0 unspecified atom stereocenters. The van der Waals surface area contributed by atoms with Gasteiger partial charge >= 0.3 is 37.7 Å². The monoisotopic (exact) mass is 179 g/mol. The van der Waals surface area contributed by atoms with E-state index in [1.54, 1.807) is 0 Å². The topological polar surface area (TPSA) is 93.2 Å². The van der Waals surface area contributed by atoms with E-state index in [-0.39, 0.29) is 43.3 Å². The molecule has 1 aromatic rings. The van der Waals surface area contributed by atoms with E-state index in [1.807, 2.05) is 0 Å². The molecule has 0 saturated carbocycles. The molecule has 0 aliphatic rings. The molecule has 0 bridgehead atoms. The average Bonchev–Trinajstić information content (AvgIpc) is 2.04. The molecule has 0 N–H and O–H groups in total. The fourth-order valence-electron chi connectivity index (χ4n) is 0.669. The van der Waals surface area contributed by atoms with Gasteiger partial charge in [-0.05, 0) is 12.1 Å². The third kappa shape index (κ3) is 4.00. The van der Waals surface area contributed by atoms with Crippen LogP contribution in [0.5, 0.6) is 0 Å². The molecule has 0 amide bonds. The Morgan fingerprint density at radius 3 is 2.14 bits per heavy atom. The fraction of sp³-hybridized carbons (Fsp3) is 0. The molecule has 0 aliphatic carbocycles. The number of nitrogens with zero attached hydrogens (tertiary/aromatic N) is 1. The Labute approximate surface area is 104 Å². The van der Waals surface area contributed by atoms with Gasteiger partial charge in [-0.15, -0.1) is 0 Å². The van der Waals surface area contributed by atoms with E-state index >= 15 is 0 Å². The second-order valence-corrected chi connectivity index (χ2v) is 2.00. The molecule has 0 aliphatic heterocycles. The summed E-state index contributed by atoms with van der Waals surface area (Å²) >= 11 is 0. The van der Waals surface area contributed by atoms with Crippen LogP contribution >= 0.6 is 0 Å². The summed E-state index contributed by atoms with van der Waals surface area (Å²) in [5.74, 6) is -2.96. The number of carbonyl (C=O) groups is 2. The number of carbonyl (C=O) groups excluding carboxylic acids is 2. The van der Waals surface area contributed by atoms with Gasteiger partial charge in [-0.3, -0.25) is 4.98 Å². The van der Waals surface area contributed by atoms with E-state index in [1.165, 1.54) is 0 Å².